The Kier molecular flexibility index (Phi) is 7.50. The topological polar surface area (TPSA) is 58.6 Å². The Labute approximate surface area is 159 Å². The maximum Gasteiger partial charge on any atom is 0.240 e. The molecule has 0 bridgehead atoms. The van der Waals surface area contributed by atoms with E-state index in [-0.39, 0.29) is 5.92 Å². The van der Waals surface area contributed by atoms with Crippen molar-refractivity contribution in [3.05, 3.63) is 23.3 Å². The lowest BCUT2D eigenvalue weighted by molar-refractivity contribution is 0.182. The van der Waals surface area contributed by atoms with E-state index < -0.39 is 10.0 Å². The second kappa shape index (κ2) is 9.20. The van der Waals surface area contributed by atoms with Gasteiger partial charge < -0.3 is 9.64 Å². The number of ether oxygens (including phenoxy) is 1. The van der Waals surface area contributed by atoms with Crippen LogP contribution in [0.2, 0.25) is 0 Å². The van der Waals surface area contributed by atoms with Crippen LogP contribution >= 0.6 is 0 Å². The minimum Gasteiger partial charge on any atom is -0.496 e. The highest BCUT2D eigenvalue weighted by molar-refractivity contribution is 7.89. The lowest BCUT2D eigenvalue weighted by atomic mass is 10.0. The van der Waals surface area contributed by atoms with Gasteiger partial charge in [-0.05, 0) is 74.4 Å². The molecule has 0 aromatic heterocycles. The van der Waals surface area contributed by atoms with Crippen LogP contribution in [0.15, 0.2) is 17.0 Å². The molecular formula is C20H34N2O3S. The summed E-state index contributed by atoms with van der Waals surface area (Å²) in [5.74, 6) is 1.69. The van der Waals surface area contributed by atoms with Gasteiger partial charge in [-0.15, -0.1) is 0 Å². The lowest BCUT2D eigenvalue weighted by Gasteiger charge is -2.30. The number of rotatable bonds is 8. The largest absolute Gasteiger partial charge is 0.496 e. The molecule has 0 aliphatic carbocycles. The highest BCUT2D eigenvalue weighted by Gasteiger charge is 2.21. The number of methoxy groups -OCH3 is 1. The van der Waals surface area contributed by atoms with Gasteiger partial charge in [0.2, 0.25) is 10.0 Å². The fourth-order valence-corrected chi connectivity index (χ4v) is 5.01. The van der Waals surface area contributed by atoms with Crippen molar-refractivity contribution in [2.24, 2.45) is 5.92 Å². The Morgan fingerprint density at radius 1 is 1.35 bits per heavy atom. The molecule has 0 saturated carbocycles. The number of benzene rings is 1. The number of hydrogen-bond acceptors (Lipinski definition) is 4. The first-order chi connectivity index (χ1) is 12.2. The van der Waals surface area contributed by atoms with Crippen LogP contribution in [0.1, 0.15) is 57.1 Å². The summed E-state index contributed by atoms with van der Waals surface area (Å²) in [5, 5.41) is 0. The molecule has 6 heteroatoms. The van der Waals surface area contributed by atoms with Crippen molar-refractivity contribution in [2.75, 3.05) is 33.3 Å². The van der Waals surface area contributed by atoms with Crippen LogP contribution in [-0.4, -0.2) is 46.6 Å². The summed E-state index contributed by atoms with van der Waals surface area (Å²) < 4.78 is 33.7. The van der Waals surface area contributed by atoms with Crippen LogP contribution < -0.4 is 9.46 Å². The summed E-state index contributed by atoms with van der Waals surface area (Å²) in [7, 11) is -1.89. The van der Waals surface area contributed by atoms with E-state index in [2.05, 4.69) is 16.5 Å². The summed E-state index contributed by atoms with van der Waals surface area (Å²) in [6, 6.07) is 3.58. The standard InChI is InChI=1S/C20H34N2O3S/c1-15(2)18-13-20(17(4)12-19(18)25-5)26(23,24)21-9-7-11-22-10-6-8-16(3)14-22/h12-13,15-16,21H,6-11,14H2,1-5H3. The number of likely N-dealkylation sites (tertiary alicyclic amines) is 1. The van der Waals surface area contributed by atoms with Crippen LogP contribution in [0.4, 0.5) is 0 Å². The second-order valence-corrected chi connectivity index (χ2v) is 9.55. The van der Waals surface area contributed by atoms with Gasteiger partial charge in [0.25, 0.3) is 0 Å². The van der Waals surface area contributed by atoms with Gasteiger partial charge in [-0.1, -0.05) is 20.8 Å². The van der Waals surface area contributed by atoms with Crippen molar-refractivity contribution in [1.82, 2.24) is 9.62 Å². The zero-order chi connectivity index (χ0) is 19.3. The van der Waals surface area contributed by atoms with Gasteiger partial charge in [0.15, 0.2) is 0 Å². The molecule has 1 N–H and O–H groups in total. The Morgan fingerprint density at radius 2 is 2.08 bits per heavy atom. The number of piperidine rings is 1. The highest BCUT2D eigenvalue weighted by atomic mass is 32.2. The average molecular weight is 383 g/mol. The predicted molar refractivity (Wildman–Crippen MR) is 106 cm³/mol. The fraction of sp³-hybridized carbons (Fsp3) is 0.700. The second-order valence-electron chi connectivity index (χ2n) is 7.81. The first kappa shape index (κ1) is 21.2. The summed E-state index contributed by atoms with van der Waals surface area (Å²) in [5.41, 5.74) is 1.63. The third-order valence-corrected chi connectivity index (χ3v) is 6.73. The molecule has 26 heavy (non-hydrogen) atoms. The van der Waals surface area contributed by atoms with Gasteiger partial charge in [-0.3, -0.25) is 0 Å². The van der Waals surface area contributed by atoms with Crippen molar-refractivity contribution >= 4 is 10.0 Å². The molecule has 0 radical (unpaired) electrons. The van der Waals surface area contributed by atoms with Crippen molar-refractivity contribution in [2.45, 2.75) is 57.8 Å². The van der Waals surface area contributed by atoms with Gasteiger partial charge in [-0.2, -0.15) is 0 Å². The molecular weight excluding hydrogens is 348 g/mol. The van der Waals surface area contributed by atoms with Crippen molar-refractivity contribution in [3.8, 4) is 5.75 Å². The SMILES string of the molecule is COc1cc(C)c(S(=O)(=O)NCCCN2CCCC(C)C2)cc1C(C)C. The third kappa shape index (κ3) is 5.44. The lowest BCUT2D eigenvalue weighted by Crippen LogP contribution is -2.36. The molecule has 1 fully saturated rings. The van der Waals surface area contributed by atoms with Crippen molar-refractivity contribution < 1.29 is 13.2 Å². The fourth-order valence-electron chi connectivity index (χ4n) is 3.67. The zero-order valence-corrected chi connectivity index (χ0v) is 17.7. The molecule has 5 nitrogen and oxygen atoms in total. The van der Waals surface area contributed by atoms with E-state index in [1.54, 1.807) is 13.2 Å². The Bertz CT molecular complexity index is 701. The molecule has 2 rings (SSSR count). The van der Waals surface area contributed by atoms with E-state index in [4.69, 9.17) is 4.74 Å². The molecule has 1 aromatic carbocycles. The van der Waals surface area contributed by atoms with Crippen LogP contribution in [0.5, 0.6) is 5.75 Å². The van der Waals surface area contributed by atoms with Gasteiger partial charge in [0, 0.05) is 13.1 Å². The van der Waals surface area contributed by atoms with Crippen LogP contribution in [-0.2, 0) is 10.0 Å². The maximum absolute atomic E-state index is 12.8. The average Bonchev–Trinajstić information content (AvgIpc) is 2.58. The predicted octanol–water partition coefficient (Wildman–Crippen LogP) is 3.53. The van der Waals surface area contributed by atoms with Gasteiger partial charge >= 0.3 is 0 Å². The van der Waals surface area contributed by atoms with Crippen molar-refractivity contribution in [1.29, 1.82) is 0 Å². The number of nitrogens with one attached hydrogen (secondary N) is 1. The highest BCUT2D eigenvalue weighted by Crippen LogP contribution is 2.31. The molecule has 1 aliphatic heterocycles. The van der Waals surface area contributed by atoms with E-state index in [1.165, 1.54) is 12.8 Å². The van der Waals surface area contributed by atoms with E-state index in [9.17, 15) is 8.42 Å². The molecule has 1 atom stereocenters. The van der Waals surface area contributed by atoms with Crippen LogP contribution in [0.3, 0.4) is 0 Å². The number of sulfonamides is 1. The first-order valence-electron chi connectivity index (χ1n) is 9.65. The Morgan fingerprint density at radius 3 is 2.69 bits per heavy atom. The summed E-state index contributed by atoms with van der Waals surface area (Å²) >= 11 is 0. The molecule has 1 saturated heterocycles. The maximum atomic E-state index is 12.8. The number of aryl methyl sites for hydroxylation is 1. The van der Waals surface area contributed by atoms with E-state index in [1.807, 2.05) is 26.8 Å². The molecule has 148 valence electrons. The minimum atomic E-state index is -3.51. The first-order valence-corrected chi connectivity index (χ1v) is 11.1. The van der Waals surface area contributed by atoms with Gasteiger partial charge in [0.1, 0.15) is 5.75 Å². The molecule has 1 aliphatic rings. The summed E-state index contributed by atoms with van der Waals surface area (Å²) in [6.07, 6.45) is 3.38. The van der Waals surface area contributed by atoms with Gasteiger partial charge in [-0.25, -0.2) is 13.1 Å². The summed E-state index contributed by atoms with van der Waals surface area (Å²) in [6.45, 7) is 11.9. The monoisotopic (exact) mass is 382 g/mol. The molecule has 1 heterocycles. The molecule has 0 spiro atoms. The van der Waals surface area contributed by atoms with Gasteiger partial charge in [0.05, 0.1) is 12.0 Å². The zero-order valence-electron chi connectivity index (χ0n) is 16.8. The van der Waals surface area contributed by atoms with E-state index >= 15 is 0 Å². The third-order valence-electron chi connectivity index (χ3n) is 5.12. The Hall–Kier alpha value is -1.11. The summed E-state index contributed by atoms with van der Waals surface area (Å²) in [4.78, 5) is 2.80. The smallest absolute Gasteiger partial charge is 0.240 e. The van der Waals surface area contributed by atoms with Crippen LogP contribution in [0.25, 0.3) is 0 Å². The normalized spacial score (nSPS) is 19.1. The van der Waals surface area contributed by atoms with Crippen LogP contribution in [0, 0.1) is 12.8 Å². The van der Waals surface area contributed by atoms with E-state index in [0.717, 1.165) is 43.3 Å². The Balaban J connectivity index is 2.00. The van der Waals surface area contributed by atoms with E-state index in [0.29, 0.717) is 17.0 Å². The molecule has 1 aromatic rings. The molecule has 0 amide bonds. The van der Waals surface area contributed by atoms with Crippen molar-refractivity contribution in [3.63, 3.8) is 0 Å². The minimum absolute atomic E-state index is 0.195. The number of hydrogen-bond donors (Lipinski definition) is 1. The quantitative estimate of drug-likeness (QED) is 0.699. The number of nitrogens with zero attached hydrogens (tertiary/aromatic N) is 1. The molecule has 1 unspecified atom stereocenters.